The number of rotatable bonds is 4. The Bertz CT molecular complexity index is 408. The summed E-state index contributed by atoms with van der Waals surface area (Å²) < 4.78 is 4.41. The first-order chi connectivity index (χ1) is 7.95. The summed E-state index contributed by atoms with van der Waals surface area (Å²) in [6.45, 7) is 1.73. The van der Waals surface area contributed by atoms with Crippen LogP contribution in [0.4, 0.5) is 5.82 Å². The van der Waals surface area contributed by atoms with Gasteiger partial charge in [-0.25, -0.2) is 4.98 Å². The molecule has 0 bridgehead atoms. The van der Waals surface area contributed by atoms with Crippen LogP contribution in [0.3, 0.4) is 0 Å². The molecule has 0 spiro atoms. The zero-order valence-electron chi connectivity index (χ0n) is 9.75. The number of esters is 1. The third kappa shape index (κ3) is 3.40. The van der Waals surface area contributed by atoms with Gasteiger partial charge in [-0.3, -0.25) is 4.79 Å². The molecule has 0 fully saturated rings. The van der Waals surface area contributed by atoms with E-state index in [0.717, 1.165) is 0 Å². The van der Waals surface area contributed by atoms with Crippen LogP contribution in [0.5, 0.6) is 0 Å². The van der Waals surface area contributed by atoms with E-state index < -0.39 is 18.2 Å². The van der Waals surface area contributed by atoms with Gasteiger partial charge in [-0.15, -0.1) is 0 Å². The van der Waals surface area contributed by atoms with Gasteiger partial charge in [0, 0.05) is 0 Å². The number of hydrogen-bond donors (Lipinski definition) is 3. The quantitative estimate of drug-likeness (QED) is 0.636. The second-order valence-electron chi connectivity index (χ2n) is 3.73. The number of nitrogens with two attached hydrogens (primary N) is 1. The molecular weight excluding hydrogens is 224 g/mol. The van der Waals surface area contributed by atoms with E-state index in [9.17, 15) is 15.0 Å². The monoisotopic (exact) mass is 240 g/mol. The summed E-state index contributed by atoms with van der Waals surface area (Å²) in [5, 5.41) is 19.5. The number of aliphatic hydroxyl groups excluding tert-OH is 2. The summed E-state index contributed by atoms with van der Waals surface area (Å²) >= 11 is 0. The Kier molecular flexibility index (Phi) is 4.42. The molecule has 1 rings (SSSR count). The highest BCUT2D eigenvalue weighted by Crippen LogP contribution is 2.21. The van der Waals surface area contributed by atoms with Crippen molar-refractivity contribution >= 4 is 11.8 Å². The number of anilines is 1. The molecule has 0 saturated heterocycles. The fourth-order valence-electron chi connectivity index (χ4n) is 1.41. The van der Waals surface area contributed by atoms with Crippen LogP contribution in [0.1, 0.15) is 23.8 Å². The number of aliphatic hydroxyl groups is 2. The molecular formula is C11H16N2O4. The van der Waals surface area contributed by atoms with Crippen LogP contribution < -0.4 is 5.73 Å². The summed E-state index contributed by atoms with van der Waals surface area (Å²) in [6, 6.07) is 3.28. The lowest BCUT2D eigenvalue weighted by molar-refractivity contribution is -0.144. The number of ether oxygens (including phenoxy) is 1. The molecule has 1 heterocycles. The van der Waals surface area contributed by atoms with Crippen molar-refractivity contribution in [1.82, 2.24) is 4.98 Å². The molecule has 0 amide bonds. The molecule has 94 valence electrons. The third-order valence-electron chi connectivity index (χ3n) is 2.41. The Morgan fingerprint density at radius 2 is 2.18 bits per heavy atom. The molecule has 17 heavy (non-hydrogen) atoms. The van der Waals surface area contributed by atoms with Gasteiger partial charge < -0.3 is 20.7 Å². The summed E-state index contributed by atoms with van der Waals surface area (Å²) in [7, 11) is 1.21. The van der Waals surface area contributed by atoms with Gasteiger partial charge in [0.05, 0.1) is 25.3 Å². The topological polar surface area (TPSA) is 106 Å². The molecule has 4 N–H and O–H groups in total. The number of aromatic nitrogens is 1. The fourth-order valence-corrected chi connectivity index (χ4v) is 1.41. The fraction of sp³-hybridized carbons (Fsp3) is 0.455. The highest BCUT2D eigenvalue weighted by Gasteiger charge is 2.24. The molecule has 2 atom stereocenters. The predicted octanol–water partition coefficient (Wildman–Crippen LogP) is -0.0704. The summed E-state index contributed by atoms with van der Waals surface area (Å²) in [4.78, 5) is 14.9. The number of carbonyl (C=O) groups excluding carboxylic acids is 1. The van der Waals surface area contributed by atoms with Crippen LogP contribution in [0, 0.1) is 6.92 Å². The van der Waals surface area contributed by atoms with Crippen LogP contribution in [0.25, 0.3) is 0 Å². The van der Waals surface area contributed by atoms with Crippen molar-refractivity contribution < 1.29 is 19.7 Å². The van der Waals surface area contributed by atoms with Gasteiger partial charge >= 0.3 is 5.97 Å². The molecule has 1 aromatic rings. The van der Waals surface area contributed by atoms with Gasteiger partial charge in [-0.2, -0.15) is 0 Å². The number of hydrogen-bond acceptors (Lipinski definition) is 6. The largest absolute Gasteiger partial charge is 0.469 e. The highest BCUT2D eigenvalue weighted by atomic mass is 16.5. The maximum absolute atomic E-state index is 11.0. The maximum Gasteiger partial charge on any atom is 0.308 e. The van der Waals surface area contributed by atoms with Gasteiger partial charge in [-0.05, 0) is 18.6 Å². The van der Waals surface area contributed by atoms with Gasteiger partial charge in [0.1, 0.15) is 11.9 Å². The summed E-state index contributed by atoms with van der Waals surface area (Å²) in [5.74, 6) is -0.354. The molecule has 0 aromatic carbocycles. The molecule has 0 aliphatic carbocycles. The standard InChI is InChI=1S/C11H16N2O4/c1-6-3-4-8(12)13-10(6)11(16)7(14)5-9(15)17-2/h3-4,7,11,14,16H,5H2,1-2H3,(H2,12,13). The van der Waals surface area contributed by atoms with Gasteiger partial charge in [0.2, 0.25) is 0 Å². The van der Waals surface area contributed by atoms with E-state index in [1.165, 1.54) is 7.11 Å². The maximum atomic E-state index is 11.0. The van der Waals surface area contributed by atoms with Gasteiger partial charge in [0.25, 0.3) is 0 Å². The lowest BCUT2D eigenvalue weighted by atomic mass is 10.0. The predicted molar refractivity (Wildman–Crippen MR) is 61.0 cm³/mol. The van der Waals surface area contributed by atoms with Gasteiger partial charge in [0.15, 0.2) is 0 Å². The lowest BCUT2D eigenvalue weighted by Gasteiger charge is -2.18. The Balaban J connectivity index is 2.84. The number of aryl methyl sites for hydroxylation is 1. The Morgan fingerprint density at radius 1 is 1.53 bits per heavy atom. The number of pyridine rings is 1. The van der Waals surface area contributed by atoms with Crippen molar-refractivity contribution in [2.24, 2.45) is 0 Å². The first kappa shape index (κ1) is 13.4. The number of methoxy groups -OCH3 is 1. The normalized spacial score (nSPS) is 14.1. The second-order valence-corrected chi connectivity index (χ2v) is 3.73. The van der Waals surface area contributed by atoms with E-state index in [4.69, 9.17) is 5.73 Å². The zero-order chi connectivity index (χ0) is 13.0. The van der Waals surface area contributed by atoms with Crippen molar-refractivity contribution in [2.45, 2.75) is 25.6 Å². The van der Waals surface area contributed by atoms with Crippen LogP contribution >= 0.6 is 0 Å². The minimum Gasteiger partial charge on any atom is -0.469 e. The van der Waals surface area contributed by atoms with E-state index in [1.807, 2.05) is 0 Å². The summed E-state index contributed by atoms with van der Waals surface area (Å²) in [5.41, 5.74) is 6.45. The minimum absolute atomic E-state index is 0.245. The first-order valence-corrected chi connectivity index (χ1v) is 5.11. The average molecular weight is 240 g/mol. The van der Waals surface area contributed by atoms with Crippen molar-refractivity contribution in [1.29, 1.82) is 0 Å². The van der Waals surface area contributed by atoms with Crippen LogP contribution in [0.2, 0.25) is 0 Å². The van der Waals surface area contributed by atoms with E-state index in [1.54, 1.807) is 19.1 Å². The molecule has 0 aliphatic rings. The SMILES string of the molecule is COC(=O)CC(O)C(O)c1nc(N)ccc1C. The molecule has 6 heteroatoms. The molecule has 0 aliphatic heterocycles. The van der Waals surface area contributed by atoms with Crippen LogP contribution in [0.15, 0.2) is 12.1 Å². The van der Waals surface area contributed by atoms with Gasteiger partial charge in [-0.1, -0.05) is 6.07 Å². The van der Waals surface area contributed by atoms with Crippen molar-refractivity contribution in [2.75, 3.05) is 12.8 Å². The summed E-state index contributed by atoms with van der Waals surface area (Å²) in [6.07, 6.45) is -2.83. The second kappa shape index (κ2) is 5.60. The Labute approximate surface area is 99.0 Å². The van der Waals surface area contributed by atoms with E-state index in [2.05, 4.69) is 9.72 Å². The zero-order valence-corrected chi connectivity index (χ0v) is 9.75. The van der Waals surface area contributed by atoms with Crippen molar-refractivity contribution in [3.8, 4) is 0 Å². The number of nitrogens with zero attached hydrogens (tertiary/aromatic N) is 1. The Hall–Kier alpha value is -1.66. The first-order valence-electron chi connectivity index (χ1n) is 5.11. The highest BCUT2D eigenvalue weighted by molar-refractivity contribution is 5.69. The van der Waals surface area contributed by atoms with E-state index >= 15 is 0 Å². The molecule has 2 unspecified atom stereocenters. The van der Waals surface area contributed by atoms with E-state index in [0.29, 0.717) is 5.56 Å². The average Bonchev–Trinajstić information content (AvgIpc) is 2.31. The molecule has 0 radical (unpaired) electrons. The van der Waals surface area contributed by atoms with E-state index in [-0.39, 0.29) is 17.9 Å². The van der Waals surface area contributed by atoms with Crippen LogP contribution in [-0.2, 0) is 9.53 Å². The molecule has 6 nitrogen and oxygen atoms in total. The minimum atomic E-state index is -1.27. The number of nitrogen functional groups attached to an aromatic ring is 1. The molecule has 0 saturated carbocycles. The number of carbonyl (C=O) groups is 1. The van der Waals surface area contributed by atoms with Crippen molar-refractivity contribution in [3.05, 3.63) is 23.4 Å². The van der Waals surface area contributed by atoms with Crippen LogP contribution in [-0.4, -0.2) is 34.4 Å². The third-order valence-corrected chi connectivity index (χ3v) is 2.41. The molecule has 1 aromatic heterocycles. The van der Waals surface area contributed by atoms with Crippen molar-refractivity contribution in [3.63, 3.8) is 0 Å². The lowest BCUT2D eigenvalue weighted by Crippen LogP contribution is -2.24. The smallest absolute Gasteiger partial charge is 0.308 e. The Morgan fingerprint density at radius 3 is 2.76 bits per heavy atom.